The molecule has 0 aromatic heterocycles. The van der Waals surface area contributed by atoms with Crippen molar-refractivity contribution in [3.63, 3.8) is 0 Å². The average molecular weight is 277 g/mol. The molecule has 3 nitrogen and oxygen atoms in total. The van der Waals surface area contributed by atoms with Crippen LogP contribution in [0.2, 0.25) is 0 Å². The van der Waals surface area contributed by atoms with Crippen LogP contribution in [0.3, 0.4) is 0 Å². The number of nitrogens with zero attached hydrogens (tertiary/aromatic N) is 1. The standard InChI is InChI=1S/C11H4F5NO2/c12-7-2-6(8(13)1-5(7)4-17)9(18)3-10(19)11(14,15)16/h1-2H,3H2. The first-order chi connectivity index (χ1) is 8.66. The normalized spacial score (nSPS) is 10.9. The quantitative estimate of drug-likeness (QED) is 0.484. The summed E-state index contributed by atoms with van der Waals surface area (Å²) in [5, 5.41) is 8.38. The predicted molar refractivity (Wildman–Crippen MR) is 51.1 cm³/mol. The van der Waals surface area contributed by atoms with Gasteiger partial charge in [-0.1, -0.05) is 0 Å². The van der Waals surface area contributed by atoms with Crippen molar-refractivity contribution in [1.29, 1.82) is 5.26 Å². The van der Waals surface area contributed by atoms with Crippen molar-refractivity contribution >= 4 is 11.6 Å². The molecule has 0 aliphatic carbocycles. The molecule has 0 aliphatic rings. The van der Waals surface area contributed by atoms with Crippen LogP contribution in [0.5, 0.6) is 0 Å². The maximum absolute atomic E-state index is 13.3. The van der Waals surface area contributed by atoms with Gasteiger partial charge in [-0.05, 0) is 12.1 Å². The minimum Gasteiger partial charge on any atom is -0.294 e. The van der Waals surface area contributed by atoms with Gasteiger partial charge in [0.1, 0.15) is 17.7 Å². The molecule has 100 valence electrons. The summed E-state index contributed by atoms with van der Waals surface area (Å²) in [6, 6.07) is 1.96. The van der Waals surface area contributed by atoms with Gasteiger partial charge in [-0.15, -0.1) is 0 Å². The number of carbonyl (C=O) groups excluding carboxylic acids is 2. The molecule has 1 aromatic carbocycles. The second kappa shape index (κ2) is 5.14. The Balaban J connectivity index is 3.06. The van der Waals surface area contributed by atoms with Crippen molar-refractivity contribution in [2.75, 3.05) is 0 Å². The van der Waals surface area contributed by atoms with Crippen LogP contribution in [-0.2, 0) is 4.79 Å². The van der Waals surface area contributed by atoms with Crippen molar-refractivity contribution < 1.29 is 31.5 Å². The second-order valence-corrected chi connectivity index (χ2v) is 3.44. The van der Waals surface area contributed by atoms with Crippen LogP contribution in [0, 0.1) is 23.0 Å². The van der Waals surface area contributed by atoms with Crippen molar-refractivity contribution in [1.82, 2.24) is 0 Å². The molecule has 0 N–H and O–H groups in total. The van der Waals surface area contributed by atoms with E-state index in [1.54, 1.807) is 0 Å². The molecule has 8 heteroatoms. The Bertz CT molecular complexity index is 586. The molecule has 0 amide bonds. The number of Topliss-reactive ketones (excluding diaryl/α,β-unsaturated/α-hetero) is 2. The Morgan fingerprint density at radius 1 is 1.16 bits per heavy atom. The highest BCUT2D eigenvalue weighted by Crippen LogP contribution is 2.21. The molecule has 0 atom stereocenters. The number of nitriles is 1. The molecule has 0 unspecified atom stereocenters. The third-order valence-electron chi connectivity index (χ3n) is 2.11. The molecule has 1 aromatic rings. The zero-order valence-electron chi connectivity index (χ0n) is 9.02. The maximum Gasteiger partial charge on any atom is 0.450 e. The fourth-order valence-corrected chi connectivity index (χ4v) is 1.19. The number of benzene rings is 1. The maximum atomic E-state index is 13.3. The van der Waals surface area contributed by atoms with Crippen LogP contribution < -0.4 is 0 Å². The van der Waals surface area contributed by atoms with Crippen LogP contribution in [-0.4, -0.2) is 17.7 Å². The molecular weight excluding hydrogens is 273 g/mol. The van der Waals surface area contributed by atoms with E-state index in [1.807, 2.05) is 0 Å². The fourth-order valence-electron chi connectivity index (χ4n) is 1.19. The molecule has 0 saturated carbocycles. The monoisotopic (exact) mass is 277 g/mol. The highest BCUT2D eigenvalue weighted by molar-refractivity contribution is 6.09. The first-order valence-electron chi connectivity index (χ1n) is 4.69. The van der Waals surface area contributed by atoms with E-state index in [4.69, 9.17) is 5.26 Å². The predicted octanol–water partition coefficient (Wildman–Crippen LogP) is 2.54. The van der Waals surface area contributed by atoms with Gasteiger partial charge in [0.2, 0.25) is 5.78 Å². The molecule has 0 fully saturated rings. The Labute approximate surface area is 103 Å². The highest BCUT2D eigenvalue weighted by atomic mass is 19.4. The van der Waals surface area contributed by atoms with E-state index in [9.17, 15) is 31.5 Å². The number of alkyl halides is 3. The zero-order valence-corrected chi connectivity index (χ0v) is 9.02. The molecule has 0 heterocycles. The van der Waals surface area contributed by atoms with Crippen LogP contribution in [0.25, 0.3) is 0 Å². The summed E-state index contributed by atoms with van der Waals surface area (Å²) < 4.78 is 62.1. The summed E-state index contributed by atoms with van der Waals surface area (Å²) in [5.41, 5.74) is -1.70. The van der Waals surface area contributed by atoms with E-state index in [0.717, 1.165) is 0 Å². The highest BCUT2D eigenvalue weighted by Gasteiger charge is 2.39. The van der Waals surface area contributed by atoms with E-state index in [0.29, 0.717) is 12.1 Å². The topological polar surface area (TPSA) is 57.9 Å². The van der Waals surface area contributed by atoms with Crippen LogP contribution in [0.15, 0.2) is 12.1 Å². The lowest BCUT2D eigenvalue weighted by atomic mass is 10.0. The summed E-state index contributed by atoms with van der Waals surface area (Å²) in [6.07, 6.45) is -6.84. The summed E-state index contributed by atoms with van der Waals surface area (Å²) in [5.74, 6) is -6.49. The minimum absolute atomic E-state index is 0.292. The number of carbonyl (C=O) groups is 2. The Morgan fingerprint density at radius 3 is 2.21 bits per heavy atom. The number of rotatable bonds is 3. The Hall–Kier alpha value is -2.30. The van der Waals surface area contributed by atoms with Gasteiger partial charge in [0.05, 0.1) is 17.5 Å². The molecule has 0 bridgehead atoms. The molecule has 1 rings (SSSR count). The second-order valence-electron chi connectivity index (χ2n) is 3.44. The summed E-state index contributed by atoms with van der Waals surface area (Å²) >= 11 is 0. The zero-order chi connectivity index (χ0) is 14.8. The van der Waals surface area contributed by atoms with Gasteiger partial charge >= 0.3 is 6.18 Å². The Kier molecular flexibility index (Phi) is 3.99. The van der Waals surface area contributed by atoms with Crippen molar-refractivity contribution in [2.24, 2.45) is 0 Å². The largest absolute Gasteiger partial charge is 0.450 e. The fraction of sp³-hybridized carbons (Fsp3) is 0.182. The minimum atomic E-state index is -5.22. The lowest BCUT2D eigenvalue weighted by Gasteiger charge is -2.06. The van der Waals surface area contributed by atoms with Gasteiger partial charge in [0, 0.05) is 0 Å². The first kappa shape index (κ1) is 14.8. The smallest absolute Gasteiger partial charge is 0.294 e. The lowest BCUT2D eigenvalue weighted by Crippen LogP contribution is -2.25. The van der Waals surface area contributed by atoms with Gasteiger partial charge in [-0.25, -0.2) is 8.78 Å². The molecular formula is C11H4F5NO2. The van der Waals surface area contributed by atoms with Crippen molar-refractivity contribution in [2.45, 2.75) is 12.6 Å². The van der Waals surface area contributed by atoms with Gasteiger partial charge in [0.15, 0.2) is 5.78 Å². The number of hydrogen-bond donors (Lipinski definition) is 0. The number of halogens is 5. The van der Waals surface area contributed by atoms with E-state index in [2.05, 4.69) is 0 Å². The molecule has 0 saturated heterocycles. The lowest BCUT2D eigenvalue weighted by molar-refractivity contribution is -0.170. The third-order valence-corrected chi connectivity index (χ3v) is 2.11. The molecule has 0 radical (unpaired) electrons. The SMILES string of the molecule is N#Cc1cc(F)c(C(=O)CC(=O)C(F)(F)F)cc1F. The van der Waals surface area contributed by atoms with E-state index in [-0.39, 0.29) is 0 Å². The van der Waals surface area contributed by atoms with Gasteiger partial charge < -0.3 is 0 Å². The summed E-state index contributed by atoms with van der Waals surface area (Å²) in [6.45, 7) is 0. The summed E-state index contributed by atoms with van der Waals surface area (Å²) in [7, 11) is 0. The Morgan fingerprint density at radius 2 is 1.74 bits per heavy atom. The van der Waals surface area contributed by atoms with Crippen LogP contribution in [0.1, 0.15) is 22.3 Å². The van der Waals surface area contributed by atoms with Gasteiger partial charge in [0.25, 0.3) is 0 Å². The summed E-state index contributed by atoms with van der Waals surface area (Å²) in [4.78, 5) is 21.8. The van der Waals surface area contributed by atoms with Crippen molar-refractivity contribution in [3.05, 3.63) is 34.9 Å². The van der Waals surface area contributed by atoms with E-state index >= 15 is 0 Å². The first-order valence-corrected chi connectivity index (χ1v) is 4.69. The van der Waals surface area contributed by atoms with Crippen LogP contribution >= 0.6 is 0 Å². The molecule has 0 spiro atoms. The van der Waals surface area contributed by atoms with Gasteiger partial charge in [-0.3, -0.25) is 9.59 Å². The third kappa shape index (κ3) is 3.34. The molecule has 0 aliphatic heterocycles. The van der Waals surface area contributed by atoms with E-state index in [1.165, 1.54) is 6.07 Å². The van der Waals surface area contributed by atoms with Crippen molar-refractivity contribution in [3.8, 4) is 6.07 Å². The number of ketones is 2. The van der Waals surface area contributed by atoms with Crippen LogP contribution in [0.4, 0.5) is 22.0 Å². The number of hydrogen-bond acceptors (Lipinski definition) is 3. The van der Waals surface area contributed by atoms with Gasteiger partial charge in [-0.2, -0.15) is 18.4 Å². The van der Waals surface area contributed by atoms with E-state index < -0.39 is 46.9 Å². The molecule has 19 heavy (non-hydrogen) atoms. The average Bonchev–Trinajstić information content (AvgIpc) is 2.30.